The second-order valence-corrected chi connectivity index (χ2v) is 2.84. The SMILES string of the molecule is CCC1(CF)CCC1. The highest BCUT2D eigenvalue weighted by atomic mass is 19.1. The van der Waals surface area contributed by atoms with Gasteiger partial charge in [-0.25, -0.2) is 0 Å². The van der Waals surface area contributed by atoms with Crippen LogP contribution in [0.1, 0.15) is 32.6 Å². The lowest BCUT2D eigenvalue weighted by Crippen LogP contribution is -2.30. The van der Waals surface area contributed by atoms with Crippen LogP contribution in [0.5, 0.6) is 0 Å². The van der Waals surface area contributed by atoms with Crippen molar-refractivity contribution < 1.29 is 4.39 Å². The van der Waals surface area contributed by atoms with Crippen LogP contribution in [0.15, 0.2) is 0 Å². The molecule has 1 rings (SSSR count). The van der Waals surface area contributed by atoms with Gasteiger partial charge in [0.05, 0.1) is 6.67 Å². The molecular weight excluding hydrogens is 103 g/mol. The standard InChI is InChI=1S/C7H13F/c1-2-7(6-8)4-3-5-7/h2-6H2,1H3. The molecule has 0 bridgehead atoms. The Bertz CT molecular complexity index is 60.9. The van der Waals surface area contributed by atoms with Crippen LogP contribution in [-0.4, -0.2) is 6.67 Å². The summed E-state index contributed by atoms with van der Waals surface area (Å²) < 4.78 is 12.1. The van der Waals surface area contributed by atoms with Gasteiger partial charge in [-0.2, -0.15) is 0 Å². The molecule has 1 heteroatoms. The molecule has 0 spiro atoms. The average molecular weight is 116 g/mol. The van der Waals surface area contributed by atoms with Crippen molar-refractivity contribution in [3.05, 3.63) is 0 Å². The van der Waals surface area contributed by atoms with Crippen molar-refractivity contribution in [2.24, 2.45) is 5.41 Å². The summed E-state index contributed by atoms with van der Waals surface area (Å²) in [7, 11) is 0. The molecule has 1 aliphatic carbocycles. The molecule has 0 nitrogen and oxygen atoms in total. The highest BCUT2D eigenvalue weighted by Gasteiger charge is 2.34. The largest absolute Gasteiger partial charge is 0.250 e. The minimum Gasteiger partial charge on any atom is -0.250 e. The van der Waals surface area contributed by atoms with Gasteiger partial charge in [0.25, 0.3) is 0 Å². The Labute approximate surface area is 50.1 Å². The fourth-order valence-corrected chi connectivity index (χ4v) is 1.26. The molecule has 0 heterocycles. The van der Waals surface area contributed by atoms with E-state index in [1.807, 2.05) is 0 Å². The van der Waals surface area contributed by atoms with Gasteiger partial charge in [-0.3, -0.25) is 4.39 Å². The molecule has 0 atom stereocenters. The van der Waals surface area contributed by atoms with Crippen molar-refractivity contribution in [3.63, 3.8) is 0 Å². The Morgan fingerprint density at radius 1 is 1.50 bits per heavy atom. The van der Waals surface area contributed by atoms with Crippen molar-refractivity contribution in [1.29, 1.82) is 0 Å². The second-order valence-electron chi connectivity index (χ2n) is 2.84. The predicted molar refractivity (Wildman–Crippen MR) is 32.5 cm³/mol. The first kappa shape index (κ1) is 6.06. The molecule has 0 aromatic rings. The second kappa shape index (κ2) is 2.04. The van der Waals surface area contributed by atoms with E-state index in [4.69, 9.17) is 0 Å². The van der Waals surface area contributed by atoms with Gasteiger partial charge in [0.2, 0.25) is 0 Å². The van der Waals surface area contributed by atoms with Crippen molar-refractivity contribution in [1.82, 2.24) is 0 Å². The molecule has 1 saturated carbocycles. The summed E-state index contributed by atoms with van der Waals surface area (Å²) in [4.78, 5) is 0. The third kappa shape index (κ3) is 0.743. The third-order valence-corrected chi connectivity index (χ3v) is 2.45. The number of halogens is 1. The first-order valence-electron chi connectivity index (χ1n) is 3.39. The van der Waals surface area contributed by atoms with E-state index in [2.05, 4.69) is 6.92 Å². The normalized spacial score (nSPS) is 24.8. The molecule has 0 aromatic carbocycles. The van der Waals surface area contributed by atoms with Crippen LogP contribution >= 0.6 is 0 Å². The summed E-state index contributed by atoms with van der Waals surface area (Å²) in [6.45, 7) is 1.99. The Morgan fingerprint density at radius 2 is 2.12 bits per heavy atom. The number of rotatable bonds is 2. The Morgan fingerprint density at radius 3 is 2.12 bits per heavy atom. The zero-order chi connectivity index (χ0) is 6.04. The average Bonchev–Trinajstić information content (AvgIpc) is 1.67. The molecule has 0 N–H and O–H groups in total. The van der Waals surface area contributed by atoms with E-state index in [1.165, 1.54) is 6.42 Å². The monoisotopic (exact) mass is 116 g/mol. The van der Waals surface area contributed by atoms with Gasteiger partial charge < -0.3 is 0 Å². The molecule has 0 radical (unpaired) electrons. The molecule has 0 unspecified atom stereocenters. The van der Waals surface area contributed by atoms with E-state index in [0.29, 0.717) is 0 Å². The fraction of sp³-hybridized carbons (Fsp3) is 1.00. The van der Waals surface area contributed by atoms with Gasteiger partial charge in [-0.15, -0.1) is 0 Å². The first-order valence-corrected chi connectivity index (χ1v) is 3.39. The highest BCUT2D eigenvalue weighted by molar-refractivity contribution is 4.85. The van der Waals surface area contributed by atoms with E-state index < -0.39 is 0 Å². The quantitative estimate of drug-likeness (QED) is 0.520. The topological polar surface area (TPSA) is 0 Å². The molecule has 0 aliphatic heterocycles. The highest BCUT2D eigenvalue weighted by Crippen LogP contribution is 2.43. The zero-order valence-electron chi connectivity index (χ0n) is 5.41. The lowest BCUT2D eigenvalue weighted by atomic mass is 9.68. The van der Waals surface area contributed by atoms with Gasteiger partial charge in [0.1, 0.15) is 0 Å². The number of alkyl halides is 1. The van der Waals surface area contributed by atoms with Crippen LogP contribution in [0, 0.1) is 5.41 Å². The molecule has 1 aliphatic rings. The van der Waals surface area contributed by atoms with E-state index in [1.54, 1.807) is 0 Å². The number of hydrogen-bond donors (Lipinski definition) is 0. The lowest BCUT2D eigenvalue weighted by Gasteiger charge is -2.38. The molecule has 0 aromatic heterocycles. The summed E-state index contributed by atoms with van der Waals surface area (Å²) in [5, 5.41) is 0. The van der Waals surface area contributed by atoms with Gasteiger partial charge >= 0.3 is 0 Å². The van der Waals surface area contributed by atoms with Gasteiger partial charge in [0, 0.05) is 0 Å². The van der Waals surface area contributed by atoms with E-state index >= 15 is 0 Å². The van der Waals surface area contributed by atoms with Gasteiger partial charge in [0.15, 0.2) is 0 Å². The molecule has 48 valence electrons. The summed E-state index contributed by atoms with van der Waals surface area (Å²) in [6, 6.07) is 0. The van der Waals surface area contributed by atoms with Crippen molar-refractivity contribution in [2.45, 2.75) is 32.6 Å². The summed E-state index contributed by atoms with van der Waals surface area (Å²) in [6.07, 6.45) is 4.53. The van der Waals surface area contributed by atoms with E-state index in [-0.39, 0.29) is 12.1 Å². The zero-order valence-corrected chi connectivity index (χ0v) is 5.41. The van der Waals surface area contributed by atoms with Crippen LogP contribution in [0.2, 0.25) is 0 Å². The van der Waals surface area contributed by atoms with E-state index in [9.17, 15) is 4.39 Å². The van der Waals surface area contributed by atoms with Crippen LogP contribution in [0.3, 0.4) is 0 Å². The minimum absolute atomic E-state index is 0.0938. The molecule has 1 fully saturated rings. The maximum atomic E-state index is 12.1. The summed E-state index contributed by atoms with van der Waals surface area (Å²) >= 11 is 0. The van der Waals surface area contributed by atoms with Crippen LogP contribution in [0.25, 0.3) is 0 Å². The molecule has 0 saturated heterocycles. The maximum Gasteiger partial charge on any atom is 0.0950 e. The predicted octanol–water partition coefficient (Wildman–Crippen LogP) is 2.54. The Kier molecular flexibility index (Phi) is 1.54. The van der Waals surface area contributed by atoms with Crippen LogP contribution in [-0.2, 0) is 0 Å². The number of hydrogen-bond acceptors (Lipinski definition) is 0. The Hall–Kier alpha value is -0.0700. The van der Waals surface area contributed by atoms with Gasteiger partial charge in [-0.1, -0.05) is 13.3 Å². The van der Waals surface area contributed by atoms with Gasteiger partial charge in [-0.05, 0) is 24.7 Å². The summed E-state index contributed by atoms with van der Waals surface area (Å²) in [5.41, 5.74) is 0.139. The first-order chi connectivity index (χ1) is 3.83. The fourth-order valence-electron chi connectivity index (χ4n) is 1.26. The lowest BCUT2D eigenvalue weighted by molar-refractivity contribution is 0.0864. The van der Waals surface area contributed by atoms with Crippen LogP contribution < -0.4 is 0 Å². The third-order valence-electron chi connectivity index (χ3n) is 2.45. The van der Waals surface area contributed by atoms with Crippen molar-refractivity contribution >= 4 is 0 Å². The smallest absolute Gasteiger partial charge is 0.0950 e. The van der Waals surface area contributed by atoms with Crippen LogP contribution in [0.4, 0.5) is 4.39 Å². The maximum absolute atomic E-state index is 12.1. The van der Waals surface area contributed by atoms with E-state index in [0.717, 1.165) is 19.3 Å². The van der Waals surface area contributed by atoms with Crippen molar-refractivity contribution in [2.75, 3.05) is 6.67 Å². The molecule has 8 heavy (non-hydrogen) atoms. The molecule has 0 amide bonds. The Balaban J connectivity index is 2.33. The minimum atomic E-state index is -0.0938. The molecular formula is C7H13F. The summed E-state index contributed by atoms with van der Waals surface area (Å²) in [5.74, 6) is 0. The van der Waals surface area contributed by atoms with Crippen molar-refractivity contribution in [3.8, 4) is 0 Å².